The molecule has 2 N–H and O–H groups in total. The average Bonchev–Trinajstić information content (AvgIpc) is 2.79. The number of hydrogen-bond donors (Lipinski definition) is 2. The Morgan fingerprint density at radius 3 is 1.29 bits per heavy atom. The first-order chi connectivity index (χ1) is 16.3. The van der Waals surface area contributed by atoms with Gasteiger partial charge in [0.1, 0.15) is 11.5 Å². The van der Waals surface area contributed by atoms with Crippen LogP contribution in [0.15, 0.2) is 48.5 Å². The van der Waals surface area contributed by atoms with Gasteiger partial charge in [-0.3, -0.25) is 9.11 Å². The molecule has 0 bridgehead atoms. The van der Waals surface area contributed by atoms with E-state index in [1.165, 1.54) is 88.2 Å². The molecule has 6 heteroatoms. The van der Waals surface area contributed by atoms with Crippen molar-refractivity contribution in [3.8, 4) is 11.5 Å². The third kappa shape index (κ3) is 15.9. The normalized spacial score (nSPS) is 11.1. The lowest BCUT2D eigenvalue weighted by Crippen LogP contribution is -1.96. The number of hydrogen-bond acceptors (Lipinski definition) is 3. The van der Waals surface area contributed by atoms with E-state index in [1.807, 2.05) is 0 Å². The van der Waals surface area contributed by atoms with Crippen molar-refractivity contribution in [2.24, 2.45) is 0 Å². The Morgan fingerprint density at radius 2 is 0.912 bits per heavy atom. The van der Waals surface area contributed by atoms with Crippen molar-refractivity contribution < 1.29 is 22.3 Å². The number of ether oxygens (including phenoxy) is 1. The molecule has 2 aromatic rings. The highest BCUT2D eigenvalue weighted by Crippen LogP contribution is 2.30. The van der Waals surface area contributed by atoms with E-state index in [0.717, 1.165) is 24.3 Å². The fraction of sp³-hybridized carbons (Fsp3) is 0.571. The Balaban J connectivity index is 0.00000104. The first-order valence-electron chi connectivity index (χ1n) is 12.9. The van der Waals surface area contributed by atoms with Gasteiger partial charge in [0, 0.05) is 0 Å². The van der Waals surface area contributed by atoms with Gasteiger partial charge in [-0.2, -0.15) is 8.42 Å². The molecule has 2 rings (SSSR count). The van der Waals surface area contributed by atoms with Crippen molar-refractivity contribution >= 4 is 10.4 Å². The van der Waals surface area contributed by atoms with Crippen LogP contribution in [0, 0.1) is 0 Å². The second kappa shape index (κ2) is 18.4. The van der Waals surface area contributed by atoms with E-state index in [4.69, 9.17) is 22.3 Å². The summed E-state index contributed by atoms with van der Waals surface area (Å²) in [6, 6.07) is 17.2. The fourth-order valence-corrected chi connectivity index (χ4v) is 3.93. The molecule has 0 aliphatic carbocycles. The maximum Gasteiger partial charge on any atom is 0.394 e. The van der Waals surface area contributed by atoms with Crippen molar-refractivity contribution in [2.45, 2.75) is 104 Å². The molecule has 0 amide bonds. The lowest BCUT2D eigenvalue weighted by atomic mass is 10.0. The van der Waals surface area contributed by atoms with Gasteiger partial charge in [-0.15, -0.1) is 0 Å². The van der Waals surface area contributed by atoms with Crippen LogP contribution in [0.2, 0.25) is 0 Å². The van der Waals surface area contributed by atoms with E-state index >= 15 is 0 Å². The molecule has 0 heterocycles. The minimum atomic E-state index is -4.67. The van der Waals surface area contributed by atoms with Crippen LogP contribution in [-0.2, 0) is 23.2 Å². The topological polar surface area (TPSA) is 83.8 Å². The van der Waals surface area contributed by atoms with Gasteiger partial charge in [0.2, 0.25) is 0 Å². The van der Waals surface area contributed by atoms with Gasteiger partial charge in [-0.1, -0.05) is 114 Å². The van der Waals surface area contributed by atoms with Crippen LogP contribution in [0.5, 0.6) is 11.5 Å². The summed E-state index contributed by atoms with van der Waals surface area (Å²) in [5, 5.41) is 0. The molecule has 192 valence electrons. The fourth-order valence-electron chi connectivity index (χ4n) is 3.93. The van der Waals surface area contributed by atoms with Gasteiger partial charge in [-0.05, 0) is 48.9 Å². The minimum Gasteiger partial charge on any atom is -0.457 e. The standard InChI is InChI=1S/C28H42O.H2O4S/c1-3-5-7-9-11-13-19-25-21-15-17-23-27(25)29-28-24-18-16-22-26(28)20-14-12-10-8-6-4-2;1-5(2,3)4/h15-18,21-24H,3-14,19-20H2,1-2H3;(H2,1,2,3,4). The van der Waals surface area contributed by atoms with E-state index in [1.54, 1.807) is 0 Å². The molecule has 2 aromatic carbocycles. The molecule has 0 aromatic heterocycles. The number of para-hydroxylation sites is 2. The van der Waals surface area contributed by atoms with Gasteiger partial charge in [0.05, 0.1) is 0 Å². The highest BCUT2D eigenvalue weighted by molar-refractivity contribution is 7.79. The Kier molecular flexibility index (Phi) is 16.3. The van der Waals surface area contributed by atoms with Gasteiger partial charge in [0.15, 0.2) is 0 Å². The van der Waals surface area contributed by atoms with Crippen molar-refractivity contribution in [3.63, 3.8) is 0 Å². The molecule has 34 heavy (non-hydrogen) atoms. The van der Waals surface area contributed by atoms with Gasteiger partial charge in [-0.25, -0.2) is 0 Å². The van der Waals surface area contributed by atoms with E-state index in [0.29, 0.717) is 0 Å². The summed E-state index contributed by atoms with van der Waals surface area (Å²) in [5.41, 5.74) is 2.69. The first kappa shape index (κ1) is 30.1. The molecular weight excluding hydrogens is 448 g/mol. The molecule has 0 aliphatic heterocycles. The van der Waals surface area contributed by atoms with E-state index in [-0.39, 0.29) is 0 Å². The van der Waals surface area contributed by atoms with Gasteiger partial charge in [0.25, 0.3) is 0 Å². The summed E-state index contributed by atoms with van der Waals surface area (Å²) in [4.78, 5) is 0. The number of aryl methyl sites for hydroxylation is 2. The van der Waals surface area contributed by atoms with Crippen LogP contribution in [0.25, 0.3) is 0 Å². The predicted molar refractivity (Wildman–Crippen MR) is 141 cm³/mol. The minimum absolute atomic E-state index is 1.04. The van der Waals surface area contributed by atoms with Crippen LogP contribution >= 0.6 is 0 Å². The quantitative estimate of drug-likeness (QED) is 0.181. The van der Waals surface area contributed by atoms with Crippen LogP contribution in [0.1, 0.15) is 102 Å². The van der Waals surface area contributed by atoms with Crippen LogP contribution in [0.3, 0.4) is 0 Å². The van der Waals surface area contributed by atoms with Crippen molar-refractivity contribution in [1.82, 2.24) is 0 Å². The highest BCUT2D eigenvalue weighted by Gasteiger charge is 2.08. The Labute approximate surface area is 207 Å². The lowest BCUT2D eigenvalue weighted by molar-refractivity contribution is 0.381. The molecule has 0 saturated carbocycles. The van der Waals surface area contributed by atoms with Crippen LogP contribution in [0.4, 0.5) is 0 Å². The first-order valence-corrected chi connectivity index (χ1v) is 14.3. The van der Waals surface area contributed by atoms with E-state index in [2.05, 4.69) is 62.4 Å². The number of unbranched alkanes of at least 4 members (excludes halogenated alkanes) is 10. The molecule has 0 aliphatic rings. The molecule has 5 nitrogen and oxygen atoms in total. The summed E-state index contributed by atoms with van der Waals surface area (Å²) in [6.07, 6.45) is 18.2. The maximum atomic E-state index is 8.74. The molecule has 0 fully saturated rings. The smallest absolute Gasteiger partial charge is 0.394 e. The van der Waals surface area contributed by atoms with Crippen molar-refractivity contribution in [1.29, 1.82) is 0 Å². The Morgan fingerprint density at radius 1 is 0.588 bits per heavy atom. The van der Waals surface area contributed by atoms with Gasteiger partial charge >= 0.3 is 10.4 Å². The summed E-state index contributed by atoms with van der Waals surface area (Å²) in [5.74, 6) is 2.08. The molecule has 0 radical (unpaired) electrons. The zero-order valence-corrected chi connectivity index (χ0v) is 21.9. The summed E-state index contributed by atoms with van der Waals surface area (Å²) in [6.45, 7) is 4.55. The zero-order chi connectivity index (χ0) is 25.1. The average molecular weight is 493 g/mol. The highest BCUT2D eigenvalue weighted by atomic mass is 32.3. The third-order valence-electron chi connectivity index (χ3n) is 5.76. The molecule has 0 atom stereocenters. The lowest BCUT2D eigenvalue weighted by Gasteiger charge is -2.14. The molecule has 0 saturated heterocycles. The van der Waals surface area contributed by atoms with E-state index < -0.39 is 10.4 Å². The SMILES string of the molecule is CCCCCCCCc1ccccc1Oc1ccccc1CCCCCCCC.O=S(=O)(O)O. The Bertz CT molecular complexity index is 814. The monoisotopic (exact) mass is 492 g/mol. The summed E-state index contributed by atoms with van der Waals surface area (Å²) < 4.78 is 38.0. The largest absolute Gasteiger partial charge is 0.457 e. The van der Waals surface area contributed by atoms with Crippen LogP contribution in [-0.4, -0.2) is 17.5 Å². The zero-order valence-electron chi connectivity index (χ0n) is 21.0. The molecule has 0 spiro atoms. The molecule has 0 unspecified atom stereocenters. The third-order valence-corrected chi connectivity index (χ3v) is 5.76. The maximum absolute atomic E-state index is 8.74. The number of benzene rings is 2. The van der Waals surface area contributed by atoms with Gasteiger partial charge < -0.3 is 4.74 Å². The van der Waals surface area contributed by atoms with Crippen molar-refractivity contribution in [2.75, 3.05) is 0 Å². The van der Waals surface area contributed by atoms with Crippen molar-refractivity contribution in [3.05, 3.63) is 59.7 Å². The second-order valence-corrected chi connectivity index (χ2v) is 9.70. The summed E-state index contributed by atoms with van der Waals surface area (Å²) in [7, 11) is -4.67. The summed E-state index contributed by atoms with van der Waals surface area (Å²) >= 11 is 0. The molecular formula is C28H44O5S. The number of rotatable bonds is 16. The Hall–Kier alpha value is -1.89. The van der Waals surface area contributed by atoms with E-state index in [9.17, 15) is 0 Å². The second-order valence-electron chi connectivity index (χ2n) is 8.80. The predicted octanol–water partition coefficient (Wildman–Crippen LogP) is 8.63. The van der Waals surface area contributed by atoms with Crippen LogP contribution < -0.4 is 4.74 Å².